The second-order valence-corrected chi connectivity index (χ2v) is 7.01. The van der Waals surface area contributed by atoms with Crippen molar-refractivity contribution in [3.05, 3.63) is 63.1 Å². The molecule has 2 aromatic carbocycles. The lowest BCUT2D eigenvalue weighted by atomic mass is 10.1. The van der Waals surface area contributed by atoms with Crippen molar-refractivity contribution >= 4 is 39.1 Å². The zero-order valence-corrected chi connectivity index (χ0v) is 15.3. The van der Waals surface area contributed by atoms with Gasteiger partial charge in [0.25, 0.3) is 5.91 Å². The van der Waals surface area contributed by atoms with Crippen LogP contribution in [0.5, 0.6) is 0 Å². The van der Waals surface area contributed by atoms with Crippen LogP contribution in [0.3, 0.4) is 0 Å². The van der Waals surface area contributed by atoms with E-state index in [0.29, 0.717) is 23.7 Å². The maximum absolute atomic E-state index is 12.7. The lowest BCUT2D eigenvalue weighted by molar-refractivity contribution is 0.0747. The van der Waals surface area contributed by atoms with Gasteiger partial charge in [0.1, 0.15) is 0 Å². The molecule has 0 spiro atoms. The molecular weight excluding hydrogens is 376 g/mol. The van der Waals surface area contributed by atoms with Crippen LogP contribution >= 0.6 is 27.5 Å². The number of carbonyl (C=O) groups excluding carboxylic acids is 1. The highest BCUT2D eigenvalue weighted by atomic mass is 79.9. The largest absolute Gasteiger partial charge is 0.368 e. The fourth-order valence-corrected chi connectivity index (χ4v) is 3.46. The number of hydrogen-bond donors (Lipinski definition) is 0. The number of piperazine rings is 1. The number of halogens is 2. The van der Waals surface area contributed by atoms with Crippen LogP contribution in [-0.4, -0.2) is 37.0 Å². The molecule has 1 fully saturated rings. The van der Waals surface area contributed by atoms with Gasteiger partial charge in [-0.25, -0.2) is 0 Å². The van der Waals surface area contributed by atoms with E-state index in [2.05, 4.69) is 46.0 Å². The molecule has 1 saturated heterocycles. The van der Waals surface area contributed by atoms with Crippen LogP contribution in [0.15, 0.2) is 46.9 Å². The van der Waals surface area contributed by atoms with Crippen LogP contribution in [0, 0.1) is 6.92 Å². The Hall–Kier alpha value is -1.52. The molecule has 3 rings (SSSR count). The number of amides is 1. The minimum absolute atomic E-state index is 0.000679. The summed E-state index contributed by atoms with van der Waals surface area (Å²) in [4.78, 5) is 16.9. The Morgan fingerprint density at radius 2 is 1.78 bits per heavy atom. The van der Waals surface area contributed by atoms with Gasteiger partial charge in [0.05, 0.1) is 10.6 Å². The number of hydrogen-bond acceptors (Lipinski definition) is 2. The van der Waals surface area contributed by atoms with Gasteiger partial charge in [-0.05, 0) is 36.8 Å². The molecule has 0 saturated carbocycles. The summed E-state index contributed by atoms with van der Waals surface area (Å²) in [6.07, 6.45) is 0. The number of carbonyl (C=O) groups is 1. The van der Waals surface area contributed by atoms with E-state index in [-0.39, 0.29) is 5.91 Å². The van der Waals surface area contributed by atoms with E-state index in [0.717, 1.165) is 17.6 Å². The number of aryl methyl sites for hydroxylation is 1. The average Bonchev–Trinajstić information content (AvgIpc) is 2.57. The molecule has 0 N–H and O–H groups in total. The predicted octanol–water partition coefficient (Wildman–Crippen LogP) is 4.37. The smallest absolute Gasteiger partial charge is 0.255 e. The number of benzene rings is 2. The van der Waals surface area contributed by atoms with Crippen molar-refractivity contribution in [2.24, 2.45) is 0 Å². The molecule has 120 valence electrons. The van der Waals surface area contributed by atoms with Crippen LogP contribution in [-0.2, 0) is 0 Å². The van der Waals surface area contributed by atoms with E-state index < -0.39 is 0 Å². The Balaban J connectivity index is 1.70. The molecule has 0 atom stereocenters. The van der Waals surface area contributed by atoms with Crippen LogP contribution in [0.4, 0.5) is 5.69 Å². The minimum Gasteiger partial charge on any atom is -0.368 e. The summed E-state index contributed by atoms with van der Waals surface area (Å²) in [5.74, 6) is 0.000679. The normalized spacial score (nSPS) is 14.9. The molecule has 3 nitrogen and oxygen atoms in total. The van der Waals surface area contributed by atoms with Crippen molar-refractivity contribution in [3.63, 3.8) is 0 Å². The fraction of sp³-hybridized carbons (Fsp3) is 0.278. The monoisotopic (exact) mass is 392 g/mol. The van der Waals surface area contributed by atoms with Crippen molar-refractivity contribution in [2.45, 2.75) is 6.92 Å². The first kappa shape index (κ1) is 16.3. The van der Waals surface area contributed by atoms with E-state index in [1.165, 1.54) is 11.3 Å². The standard InChI is InChI=1S/C18H18BrClN2O/c1-13-4-2-3-5-17(13)21-8-10-22(11-9-21)18(23)15-12-14(19)6-7-16(15)20/h2-7,12H,8-11H2,1H3. The molecule has 2 aromatic rings. The predicted molar refractivity (Wildman–Crippen MR) is 98.4 cm³/mol. The highest BCUT2D eigenvalue weighted by Crippen LogP contribution is 2.24. The van der Waals surface area contributed by atoms with Crippen LogP contribution < -0.4 is 4.90 Å². The first-order valence-corrected chi connectivity index (χ1v) is 8.78. The summed E-state index contributed by atoms with van der Waals surface area (Å²) in [5.41, 5.74) is 3.08. The Kier molecular flexibility index (Phi) is 4.93. The molecule has 1 aliphatic heterocycles. The highest BCUT2D eigenvalue weighted by Gasteiger charge is 2.24. The molecule has 23 heavy (non-hydrogen) atoms. The molecule has 0 aromatic heterocycles. The lowest BCUT2D eigenvalue weighted by Crippen LogP contribution is -2.49. The molecular formula is C18H18BrClN2O. The maximum Gasteiger partial charge on any atom is 0.255 e. The topological polar surface area (TPSA) is 23.6 Å². The van der Waals surface area contributed by atoms with Gasteiger partial charge in [0.2, 0.25) is 0 Å². The van der Waals surface area contributed by atoms with Gasteiger partial charge in [-0.1, -0.05) is 45.7 Å². The maximum atomic E-state index is 12.7. The van der Waals surface area contributed by atoms with Crippen LogP contribution in [0.1, 0.15) is 15.9 Å². The number of para-hydroxylation sites is 1. The van der Waals surface area contributed by atoms with Gasteiger partial charge < -0.3 is 9.80 Å². The summed E-state index contributed by atoms with van der Waals surface area (Å²) in [5, 5.41) is 0.500. The van der Waals surface area contributed by atoms with E-state index in [1.807, 2.05) is 17.0 Å². The minimum atomic E-state index is 0.000679. The highest BCUT2D eigenvalue weighted by molar-refractivity contribution is 9.10. The molecule has 0 radical (unpaired) electrons. The summed E-state index contributed by atoms with van der Waals surface area (Å²) >= 11 is 9.58. The molecule has 1 heterocycles. The zero-order chi connectivity index (χ0) is 16.4. The second kappa shape index (κ2) is 6.93. The quantitative estimate of drug-likeness (QED) is 0.756. The molecule has 0 bridgehead atoms. The number of anilines is 1. The van der Waals surface area contributed by atoms with Crippen molar-refractivity contribution in [2.75, 3.05) is 31.1 Å². The molecule has 1 amide bonds. The Bertz CT molecular complexity index is 727. The molecule has 0 unspecified atom stereocenters. The number of rotatable bonds is 2. The van der Waals surface area contributed by atoms with E-state index in [4.69, 9.17) is 11.6 Å². The summed E-state index contributed by atoms with van der Waals surface area (Å²) < 4.78 is 0.865. The second-order valence-electron chi connectivity index (χ2n) is 5.69. The Morgan fingerprint density at radius 1 is 1.09 bits per heavy atom. The molecule has 0 aliphatic carbocycles. The summed E-state index contributed by atoms with van der Waals surface area (Å²) in [7, 11) is 0. The van der Waals surface area contributed by atoms with Gasteiger partial charge >= 0.3 is 0 Å². The third-order valence-corrected chi connectivity index (χ3v) is 5.00. The third kappa shape index (κ3) is 3.54. The van der Waals surface area contributed by atoms with Gasteiger partial charge in [-0.3, -0.25) is 4.79 Å². The molecule has 5 heteroatoms. The van der Waals surface area contributed by atoms with Crippen molar-refractivity contribution in [1.29, 1.82) is 0 Å². The fourth-order valence-electron chi connectivity index (χ4n) is 2.90. The number of nitrogens with zero attached hydrogens (tertiary/aromatic N) is 2. The van der Waals surface area contributed by atoms with Gasteiger partial charge in [0.15, 0.2) is 0 Å². The van der Waals surface area contributed by atoms with E-state index in [9.17, 15) is 4.79 Å². The average molecular weight is 394 g/mol. The van der Waals surface area contributed by atoms with Gasteiger partial charge in [-0.15, -0.1) is 0 Å². The van der Waals surface area contributed by atoms with Crippen molar-refractivity contribution in [3.8, 4) is 0 Å². The van der Waals surface area contributed by atoms with Crippen LogP contribution in [0.2, 0.25) is 5.02 Å². The Labute approximate surface area is 150 Å². The van der Waals surface area contributed by atoms with Crippen molar-refractivity contribution in [1.82, 2.24) is 4.90 Å². The molecule has 1 aliphatic rings. The zero-order valence-electron chi connectivity index (χ0n) is 12.9. The first-order valence-electron chi connectivity index (χ1n) is 7.61. The van der Waals surface area contributed by atoms with Crippen molar-refractivity contribution < 1.29 is 4.79 Å². The first-order chi connectivity index (χ1) is 11.1. The van der Waals surface area contributed by atoms with Gasteiger partial charge in [0, 0.05) is 36.3 Å². The SMILES string of the molecule is Cc1ccccc1N1CCN(C(=O)c2cc(Br)ccc2Cl)CC1. The summed E-state index contributed by atoms with van der Waals surface area (Å²) in [6.45, 7) is 5.20. The third-order valence-electron chi connectivity index (χ3n) is 4.18. The Morgan fingerprint density at radius 3 is 2.48 bits per heavy atom. The van der Waals surface area contributed by atoms with E-state index >= 15 is 0 Å². The van der Waals surface area contributed by atoms with Gasteiger partial charge in [-0.2, -0.15) is 0 Å². The lowest BCUT2D eigenvalue weighted by Gasteiger charge is -2.37. The summed E-state index contributed by atoms with van der Waals surface area (Å²) in [6, 6.07) is 13.7. The van der Waals surface area contributed by atoms with E-state index in [1.54, 1.807) is 12.1 Å². The van der Waals surface area contributed by atoms with Crippen LogP contribution in [0.25, 0.3) is 0 Å².